The lowest BCUT2D eigenvalue weighted by molar-refractivity contribution is 0.287. The zero-order chi connectivity index (χ0) is 14.5. The maximum absolute atomic E-state index is 11.6. The number of benzene rings is 1. The molecule has 2 N–H and O–H groups in total. The molecule has 0 aliphatic rings. The Morgan fingerprint density at radius 3 is 2.95 bits per heavy atom. The number of ether oxygens (including phenoxy) is 1. The van der Waals surface area contributed by atoms with E-state index >= 15 is 0 Å². The predicted octanol–water partition coefficient (Wildman–Crippen LogP) is 1.26. The van der Waals surface area contributed by atoms with Gasteiger partial charge in [0.1, 0.15) is 17.3 Å². The molecule has 0 aliphatic carbocycles. The average Bonchev–Trinajstić information content (AvgIpc) is 2.41. The monoisotopic (exact) mass is 289 g/mol. The van der Waals surface area contributed by atoms with Gasteiger partial charge in [0.2, 0.25) is 0 Å². The first-order valence-electron chi connectivity index (χ1n) is 6.13. The van der Waals surface area contributed by atoms with Gasteiger partial charge in [-0.05, 0) is 24.6 Å². The smallest absolute Gasteiger partial charge is 0.267 e. The van der Waals surface area contributed by atoms with Crippen molar-refractivity contribution < 1.29 is 4.74 Å². The van der Waals surface area contributed by atoms with Crippen molar-refractivity contribution in [1.29, 1.82) is 0 Å². The molecule has 0 radical (unpaired) electrons. The number of nitrogens with zero attached hydrogens (tertiary/aromatic N) is 2. The van der Waals surface area contributed by atoms with Crippen LogP contribution < -0.4 is 16.0 Å². The average molecular weight is 289 g/mol. The van der Waals surface area contributed by atoms with Crippen LogP contribution in [0, 0.1) is 6.92 Å². The normalized spacial score (nSPS) is 10.2. The first-order valence-corrected chi connectivity index (χ1v) is 6.53. The molecular weight excluding hydrogens is 274 g/mol. The lowest BCUT2D eigenvalue weighted by atomic mass is 10.2. The van der Waals surface area contributed by atoms with Crippen molar-refractivity contribution in [3.05, 3.63) is 58.0 Å². The fraction of sp³-hybridized carbons (Fsp3) is 0.214. The number of hydrogen-bond donors (Lipinski definition) is 1. The standard InChI is InChI=1S/C14H15N3O2S/c1-10-7-13(18)17(16-9-10)5-6-19-12-4-2-3-11(8-12)14(15)20/h2-4,7-9H,5-6H2,1H3,(H2,15,20). The molecule has 0 saturated carbocycles. The molecule has 2 aromatic rings. The van der Waals surface area contributed by atoms with E-state index < -0.39 is 0 Å². The van der Waals surface area contributed by atoms with Crippen molar-refractivity contribution >= 4 is 17.2 Å². The number of hydrogen-bond acceptors (Lipinski definition) is 4. The molecule has 104 valence electrons. The highest BCUT2D eigenvalue weighted by Gasteiger charge is 2.01. The molecule has 0 bridgehead atoms. The Kier molecular flexibility index (Phi) is 4.47. The first-order chi connectivity index (χ1) is 9.56. The maximum atomic E-state index is 11.6. The van der Waals surface area contributed by atoms with E-state index in [2.05, 4.69) is 5.10 Å². The summed E-state index contributed by atoms with van der Waals surface area (Å²) in [5, 5.41) is 4.04. The fourth-order valence-electron chi connectivity index (χ4n) is 1.68. The molecule has 0 spiro atoms. The molecule has 0 atom stereocenters. The molecule has 1 aromatic carbocycles. The third-order valence-corrected chi connectivity index (χ3v) is 2.93. The summed E-state index contributed by atoms with van der Waals surface area (Å²) < 4.78 is 6.94. The third kappa shape index (κ3) is 3.64. The zero-order valence-corrected chi connectivity index (χ0v) is 11.9. The van der Waals surface area contributed by atoms with Crippen LogP contribution in [-0.4, -0.2) is 21.4 Å². The van der Waals surface area contributed by atoms with Crippen molar-refractivity contribution in [2.45, 2.75) is 13.5 Å². The van der Waals surface area contributed by atoms with Crippen LogP contribution in [0.2, 0.25) is 0 Å². The van der Waals surface area contributed by atoms with Crippen molar-refractivity contribution in [2.75, 3.05) is 6.61 Å². The van der Waals surface area contributed by atoms with Gasteiger partial charge in [-0.3, -0.25) is 4.79 Å². The molecule has 5 nitrogen and oxygen atoms in total. The van der Waals surface area contributed by atoms with Crippen LogP contribution in [0.25, 0.3) is 0 Å². The predicted molar refractivity (Wildman–Crippen MR) is 81.1 cm³/mol. The second-order valence-corrected chi connectivity index (χ2v) is 4.77. The molecule has 20 heavy (non-hydrogen) atoms. The number of nitrogens with two attached hydrogens (primary N) is 1. The van der Waals surface area contributed by atoms with E-state index in [9.17, 15) is 4.79 Å². The lowest BCUT2D eigenvalue weighted by Crippen LogP contribution is -2.25. The van der Waals surface area contributed by atoms with Crippen molar-refractivity contribution in [1.82, 2.24) is 9.78 Å². The molecule has 1 aromatic heterocycles. The summed E-state index contributed by atoms with van der Waals surface area (Å²) in [6, 6.07) is 8.77. The van der Waals surface area contributed by atoms with E-state index in [1.54, 1.807) is 18.3 Å². The number of aryl methyl sites for hydroxylation is 1. The van der Waals surface area contributed by atoms with Crippen molar-refractivity contribution in [3.63, 3.8) is 0 Å². The van der Waals surface area contributed by atoms with E-state index in [1.807, 2.05) is 25.1 Å². The first kappa shape index (κ1) is 14.2. The van der Waals surface area contributed by atoms with E-state index in [4.69, 9.17) is 22.7 Å². The summed E-state index contributed by atoms with van der Waals surface area (Å²) >= 11 is 4.91. The summed E-state index contributed by atoms with van der Waals surface area (Å²) in [6.07, 6.45) is 1.65. The van der Waals surface area contributed by atoms with Gasteiger partial charge in [-0.2, -0.15) is 5.10 Å². The summed E-state index contributed by atoms with van der Waals surface area (Å²) in [4.78, 5) is 12.0. The number of thiocarbonyl (C=S) groups is 1. The Bertz CT molecular complexity index is 682. The van der Waals surface area contributed by atoms with Gasteiger partial charge in [-0.1, -0.05) is 24.4 Å². The van der Waals surface area contributed by atoms with Gasteiger partial charge in [-0.15, -0.1) is 0 Å². The minimum atomic E-state index is -0.134. The zero-order valence-electron chi connectivity index (χ0n) is 11.1. The molecule has 1 heterocycles. The van der Waals surface area contributed by atoms with Gasteiger partial charge in [0.25, 0.3) is 5.56 Å². The van der Waals surface area contributed by atoms with Crippen LogP contribution in [0.1, 0.15) is 11.1 Å². The van der Waals surface area contributed by atoms with Gasteiger partial charge in [0.05, 0.1) is 12.7 Å². The van der Waals surface area contributed by atoms with Crippen LogP contribution in [0.4, 0.5) is 0 Å². The number of aromatic nitrogens is 2. The number of rotatable bonds is 5. The van der Waals surface area contributed by atoms with Gasteiger partial charge in [0.15, 0.2) is 0 Å². The molecule has 0 amide bonds. The highest BCUT2D eigenvalue weighted by molar-refractivity contribution is 7.80. The van der Waals surface area contributed by atoms with Crippen molar-refractivity contribution in [2.24, 2.45) is 5.73 Å². The highest BCUT2D eigenvalue weighted by atomic mass is 32.1. The van der Waals surface area contributed by atoms with Crippen LogP contribution in [0.3, 0.4) is 0 Å². The summed E-state index contributed by atoms with van der Waals surface area (Å²) in [5.74, 6) is 0.662. The third-order valence-electron chi connectivity index (χ3n) is 2.70. The van der Waals surface area contributed by atoms with Gasteiger partial charge >= 0.3 is 0 Å². The quantitative estimate of drug-likeness (QED) is 0.839. The Morgan fingerprint density at radius 1 is 1.45 bits per heavy atom. The van der Waals surface area contributed by atoms with Crippen LogP contribution in [-0.2, 0) is 6.54 Å². The largest absolute Gasteiger partial charge is 0.492 e. The van der Waals surface area contributed by atoms with Gasteiger partial charge in [-0.25, -0.2) is 4.68 Å². The SMILES string of the molecule is Cc1cnn(CCOc2cccc(C(N)=S)c2)c(=O)c1. The Labute approximate surface area is 122 Å². The van der Waals surface area contributed by atoms with E-state index in [0.29, 0.717) is 23.9 Å². The molecule has 2 rings (SSSR count). The minimum absolute atomic E-state index is 0.134. The molecule has 6 heteroatoms. The minimum Gasteiger partial charge on any atom is -0.492 e. The Hall–Kier alpha value is -2.21. The van der Waals surface area contributed by atoms with Crippen molar-refractivity contribution in [3.8, 4) is 5.75 Å². The second-order valence-electron chi connectivity index (χ2n) is 4.33. The molecule has 0 aliphatic heterocycles. The highest BCUT2D eigenvalue weighted by Crippen LogP contribution is 2.13. The summed E-state index contributed by atoms with van der Waals surface area (Å²) in [7, 11) is 0. The van der Waals surface area contributed by atoms with E-state index in [1.165, 1.54) is 4.68 Å². The fourth-order valence-corrected chi connectivity index (χ4v) is 1.81. The van der Waals surface area contributed by atoms with Gasteiger partial charge < -0.3 is 10.5 Å². The van der Waals surface area contributed by atoms with Crippen LogP contribution >= 0.6 is 12.2 Å². The second kappa shape index (κ2) is 6.29. The maximum Gasteiger partial charge on any atom is 0.267 e. The Morgan fingerprint density at radius 2 is 2.25 bits per heavy atom. The topological polar surface area (TPSA) is 70.1 Å². The molecule has 0 saturated heterocycles. The summed E-state index contributed by atoms with van der Waals surface area (Å²) in [6.45, 7) is 2.56. The van der Waals surface area contributed by atoms with Gasteiger partial charge in [0, 0.05) is 11.6 Å². The lowest BCUT2D eigenvalue weighted by Gasteiger charge is -2.08. The molecule has 0 unspecified atom stereocenters. The van der Waals surface area contributed by atoms with E-state index in [0.717, 1.165) is 11.1 Å². The van der Waals surface area contributed by atoms with Crippen LogP contribution in [0.5, 0.6) is 5.75 Å². The van der Waals surface area contributed by atoms with Crippen LogP contribution in [0.15, 0.2) is 41.3 Å². The molecule has 0 fully saturated rings. The molecular formula is C14H15N3O2S. The Balaban J connectivity index is 1.97. The van der Waals surface area contributed by atoms with E-state index in [-0.39, 0.29) is 5.56 Å². The summed E-state index contributed by atoms with van der Waals surface area (Å²) in [5.41, 5.74) is 7.02.